The Labute approximate surface area is 241 Å². The van der Waals surface area contributed by atoms with Crippen molar-refractivity contribution in [2.75, 3.05) is 14.2 Å². The number of aromatic nitrogens is 1. The fourth-order valence-corrected chi connectivity index (χ4v) is 4.98. The van der Waals surface area contributed by atoms with Crippen LogP contribution in [0.5, 0.6) is 5.75 Å². The third-order valence-electron chi connectivity index (χ3n) is 6.01. The number of thiophene rings is 1. The Kier molecular flexibility index (Phi) is 12.1. The lowest BCUT2D eigenvalue weighted by molar-refractivity contribution is -0.255. The second-order valence-corrected chi connectivity index (χ2v) is 12.0. The number of aryl methyl sites for hydroxylation is 1. The van der Waals surface area contributed by atoms with Gasteiger partial charge in [0.1, 0.15) is 5.75 Å². The number of carbonyl (C=O) groups excluding carboxylic acids is 1. The van der Waals surface area contributed by atoms with Crippen LogP contribution >= 0.6 is 11.3 Å². The van der Waals surface area contributed by atoms with E-state index in [0.29, 0.717) is 36.5 Å². The molecule has 1 aliphatic heterocycles. The summed E-state index contributed by atoms with van der Waals surface area (Å²) >= 11 is 1.49. The van der Waals surface area contributed by atoms with E-state index in [2.05, 4.69) is 59.1 Å². The van der Waals surface area contributed by atoms with Gasteiger partial charge in [-0.15, -0.1) is 16.9 Å². The Balaban J connectivity index is 0.000000360. The number of halogens is 2. The predicted molar refractivity (Wildman–Crippen MR) is 160 cm³/mol. The number of carboxylic acids is 1. The van der Waals surface area contributed by atoms with Gasteiger partial charge in [0.2, 0.25) is 0 Å². The second-order valence-electron chi connectivity index (χ2n) is 11.0. The van der Waals surface area contributed by atoms with Crippen LogP contribution in [-0.4, -0.2) is 42.3 Å². The van der Waals surface area contributed by atoms with Crippen molar-refractivity contribution in [3.8, 4) is 27.4 Å². The lowest BCUT2D eigenvalue weighted by Crippen LogP contribution is -2.29. The van der Waals surface area contributed by atoms with Crippen molar-refractivity contribution in [1.82, 2.24) is 9.88 Å². The fraction of sp³-hybridized carbons (Fsp3) is 0.452. The van der Waals surface area contributed by atoms with Crippen molar-refractivity contribution in [2.24, 2.45) is 0 Å². The smallest absolute Gasteiger partial charge is 0.271 e. The van der Waals surface area contributed by atoms with E-state index >= 15 is 0 Å². The molecule has 3 aromatic rings. The van der Waals surface area contributed by atoms with Gasteiger partial charge in [-0.25, -0.2) is 0 Å². The van der Waals surface area contributed by atoms with E-state index in [1.165, 1.54) is 18.4 Å². The molecule has 0 unspecified atom stereocenters. The van der Waals surface area contributed by atoms with E-state index in [1.54, 1.807) is 22.8 Å². The lowest BCUT2D eigenvalue weighted by Gasteiger charge is -2.31. The van der Waals surface area contributed by atoms with Gasteiger partial charge in [0.25, 0.3) is 6.08 Å². The molecule has 0 spiro atoms. The van der Waals surface area contributed by atoms with Crippen molar-refractivity contribution in [3.05, 3.63) is 63.9 Å². The standard InChI is InChI=1S/C20H15F2NO3S.C6H15N.C5H12N/c1-26-16-8-11-4-5-23-15(20(24)25)10-14(17-3-2-6-27-17)19(23)13(11)7-12(16)9-18(21)22;1-5(2)7-6(3)4;1-5(2,3)6-4/h2-3,6-10H,4-5H2,1H3,(H,24,25);5-7H,1-4H3;1-4H3/q;;-1/p-1. The van der Waals surface area contributed by atoms with Crippen LogP contribution < -0.4 is 15.2 Å². The predicted octanol–water partition coefficient (Wildman–Crippen LogP) is 7.23. The van der Waals surface area contributed by atoms with Gasteiger partial charge in [0, 0.05) is 46.3 Å². The fourth-order valence-electron chi connectivity index (χ4n) is 4.23. The number of hydrogen-bond donors (Lipinski definition) is 1. The van der Waals surface area contributed by atoms with Crippen molar-refractivity contribution in [2.45, 2.75) is 79.1 Å². The lowest BCUT2D eigenvalue weighted by atomic mass is 9.93. The Bertz CT molecular complexity index is 1280. The number of ether oxygens (including phenoxy) is 1. The van der Waals surface area contributed by atoms with Gasteiger partial charge < -0.3 is 29.8 Å². The molecule has 0 bridgehead atoms. The topological polar surface area (TPSA) is 80.4 Å². The van der Waals surface area contributed by atoms with E-state index in [9.17, 15) is 18.7 Å². The molecule has 0 saturated carbocycles. The number of nitrogens with zero attached hydrogens (tertiary/aromatic N) is 2. The number of aromatic carboxylic acids is 1. The molecule has 6 nitrogen and oxygen atoms in total. The normalized spacial score (nSPS) is 12.0. The van der Waals surface area contributed by atoms with E-state index in [1.807, 2.05) is 24.6 Å². The third-order valence-corrected chi connectivity index (χ3v) is 6.91. The Hall–Kier alpha value is -3.01. The van der Waals surface area contributed by atoms with E-state index in [-0.39, 0.29) is 16.8 Å². The van der Waals surface area contributed by atoms with E-state index in [4.69, 9.17) is 4.74 Å². The molecule has 0 atom stereocenters. The Morgan fingerprint density at radius 1 is 1.15 bits per heavy atom. The molecule has 220 valence electrons. The summed E-state index contributed by atoms with van der Waals surface area (Å²) in [6.07, 6.45) is -0.501. The van der Waals surface area contributed by atoms with Crippen LogP contribution in [-0.2, 0) is 13.0 Å². The van der Waals surface area contributed by atoms with Gasteiger partial charge in [0.15, 0.2) is 0 Å². The minimum atomic E-state index is -1.83. The maximum absolute atomic E-state index is 12.9. The van der Waals surface area contributed by atoms with E-state index < -0.39 is 12.0 Å². The number of carbonyl (C=O) groups is 1. The summed E-state index contributed by atoms with van der Waals surface area (Å²) in [5.74, 6) is -0.898. The van der Waals surface area contributed by atoms with Crippen LogP contribution in [0.4, 0.5) is 8.78 Å². The average Bonchev–Trinajstić information content (AvgIpc) is 3.51. The zero-order chi connectivity index (χ0) is 30.2. The summed E-state index contributed by atoms with van der Waals surface area (Å²) in [6, 6.07) is 10.0. The highest BCUT2D eigenvalue weighted by atomic mass is 32.1. The summed E-state index contributed by atoms with van der Waals surface area (Å²) in [6.45, 7) is 15.3. The molecule has 9 heteroatoms. The summed E-state index contributed by atoms with van der Waals surface area (Å²) in [5, 5.41) is 20.9. The van der Waals surface area contributed by atoms with Crippen LogP contribution in [0.1, 0.15) is 70.1 Å². The first-order chi connectivity index (χ1) is 18.7. The van der Waals surface area contributed by atoms with Crippen molar-refractivity contribution >= 4 is 23.4 Å². The van der Waals surface area contributed by atoms with Crippen molar-refractivity contribution in [1.29, 1.82) is 0 Å². The first kappa shape index (κ1) is 33.2. The molecule has 0 radical (unpaired) electrons. The maximum Gasteiger partial charge on any atom is 0.271 e. The zero-order valence-corrected chi connectivity index (χ0v) is 25.7. The molecule has 2 aromatic heterocycles. The highest BCUT2D eigenvalue weighted by Gasteiger charge is 2.26. The van der Waals surface area contributed by atoms with Crippen LogP contribution in [0.25, 0.3) is 33.1 Å². The number of hydrogen-bond acceptors (Lipinski definition) is 5. The molecule has 1 aliphatic rings. The molecule has 4 rings (SSSR count). The number of fused-ring (bicyclic) bond motifs is 3. The SMILES string of the molecule is CC(C)NC(C)C.COc1cc2c(cc1C=C(F)F)-c1c(-c3cccs3)cc(C(=O)[O-])n1CC2.C[N-]C(C)(C)C. The van der Waals surface area contributed by atoms with Gasteiger partial charge in [-0.3, -0.25) is 0 Å². The molecule has 1 aromatic carbocycles. The van der Waals surface area contributed by atoms with Crippen LogP contribution in [0, 0.1) is 0 Å². The summed E-state index contributed by atoms with van der Waals surface area (Å²) in [7, 11) is 3.27. The minimum Gasteiger partial charge on any atom is -0.660 e. The largest absolute Gasteiger partial charge is 0.660 e. The average molecular weight is 574 g/mol. The zero-order valence-electron chi connectivity index (χ0n) is 24.9. The van der Waals surface area contributed by atoms with Gasteiger partial charge >= 0.3 is 0 Å². The van der Waals surface area contributed by atoms with Crippen LogP contribution in [0.3, 0.4) is 0 Å². The molecule has 40 heavy (non-hydrogen) atoms. The molecule has 3 heterocycles. The van der Waals surface area contributed by atoms with Crippen LogP contribution in [0.2, 0.25) is 0 Å². The second kappa shape index (κ2) is 14.6. The van der Waals surface area contributed by atoms with Gasteiger partial charge in [0.05, 0.1) is 24.5 Å². The first-order valence-corrected chi connectivity index (χ1v) is 14.2. The minimum absolute atomic E-state index is 0.0867. The van der Waals surface area contributed by atoms with E-state index in [0.717, 1.165) is 27.6 Å². The monoisotopic (exact) mass is 573 g/mol. The number of benzene rings is 1. The van der Waals surface area contributed by atoms with Gasteiger partial charge in [-0.05, 0) is 41.6 Å². The molecular formula is C31H41F2N3O3S-2. The third kappa shape index (κ3) is 9.28. The molecule has 0 amide bonds. The molecule has 0 saturated heterocycles. The maximum atomic E-state index is 12.9. The first-order valence-electron chi connectivity index (χ1n) is 13.3. The number of nitrogens with one attached hydrogen (secondary N) is 1. The quantitative estimate of drug-likeness (QED) is 0.337. The number of rotatable bonds is 6. The highest BCUT2D eigenvalue weighted by Crippen LogP contribution is 2.43. The summed E-state index contributed by atoms with van der Waals surface area (Å²) in [4.78, 5) is 12.5. The van der Waals surface area contributed by atoms with Gasteiger partial charge in [-0.2, -0.15) is 15.8 Å². The molecule has 0 aliphatic carbocycles. The van der Waals surface area contributed by atoms with Crippen LogP contribution in [0.15, 0.2) is 41.8 Å². The van der Waals surface area contributed by atoms with Crippen molar-refractivity contribution < 1.29 is 23.4 Å². The Morgan fingerprint density at radius 2 is 1.77 bits per heavy atom. The molecule has 0 fully saturated rings. The molecular weight excluding hydrogens is 532 g/mol. The van der Waals surface area contributed by atoms with Gasteiger partial charge in [-0.1, -0.05) is 54.5 Å². The van der Waals surface area contributed by atoms with Crippen molar-refractivity contribution in [3.63, 3.8) is 0 Å². The number of methoxy groups -OCH3 is 1. The Morgan fingerprint density at radius 3 is 2.20 bits per heavy atom. The summed E-state index contributed by atoms with van der Waals surface area (Å²) < 4.78 is 32.7. The summed E-state index contributed by atoms with van der Waals surface area (Å²) in [5.41, 5.74) is 3.61. The number of carboxylic acid groups (broad SMARTS) is 1. The highest BCUT2D eigenvalue weighted by molar-refractivity contribution is 7.13. The molecule has 1 N–H and O–H groups in total.